The molecule has 1 aliphatic rings. The second-order valence-corrected chi connectivity index (χ2v) is 8.97. The molecule has 4 rings (SSSR count). The minimum absolute atomic E-state index is 0.195. The van der Waals surface area contributed by atoms with Crippen molar-refractivity contribution in [1.29, 1.82) is 0 Å². The molecule has 0 aliphatic heterocycles. The predicted octanol–water partition coefficient (Wildman–Crippen LogP) is 3.16. The quantitative estimate of drug-likeness (QED) is 0.378. The van der Waals surface area contributed by atoms with Crippen LogP contribution < -0.4 is 10.6 Å². The van der Waals surface area contributed by atoms with Crippen LogP contribution in [0.5, 0.6) is 0 Å². The summed E-state index contributed by atoms with van der Waals surface area (Å²) in [5.41, 5.74) is 1.07. The Morgan fingerprint density at radius 3 is 2.56 bits per heavy atom. The number of thiophene rings is 1. The molecule has 0 radical (unpaired) electrons. The highest BCUT2D eigenvalue weighted by molar-refractivity contribution is 7.22. The third-order valence-electron chi connectivity index (χ3n) is 5.57. The van der Waals surface area contributed by atoms with Crippen molar-refractivity contribution < 1.29 is 28.5 Å². The molecule has 0 bridgehead atoms. The zero-order chi connectivity index (χ0) is 23.0. The second kappa shape index (κ2) is 8.81. The summed E-state index contributed by atoms with van der Waals surface area (Å²) in [7, 11) is 0. The molecule has 3 aromatic rings. The lowest BCUT2D eigenvalue weighted by Crippen LogP contribution is -2.36. The maximum absolute atomic E-state index is 12.7. The van der Waals surface area contributed by atoms with Gasteiger partial charge in [-0.1, -0.05) is 18.2 Å². The van der Waals surface area contributed by atoms with Gasteiger partial charge in [0.15, 0.2) is 0 Å². The van der Waals surface area contributed by atoms with Crippen LogP contribution in [0.2, 0.25) is 0 Å². The maximum Gasteiger partial charge on any atom is 0.405 e. The summed E-state index contributed by atoms with van der Waals surface area (Å²) in [6.07, 6.45) is -6.44. The number of aryl methyl sites for hydroxylation is 1. The molecule has 11 heteroatoms. The lowest BCUT2D eigenvalue weighted by atomic mass is 10.1. The number of aromatic nitrogens is 2. The summed E-state index contributed by atoms with van der Waals surface area (Å²) in [6.45, 7) is 0.105. The number of nitrogens with zero attached hydrogens (tertiary/aromatic N) is 2. The van der Waals surface area contributed by atoms with Crippen LogP contribution in [-0.4, -0.2) is 62.9 Å². The van der Waals surface area contributed by atoms with Crippen molar-refractivity contribution >= 4 is 33.2 Å². The van der Waals surface area contributed by atoms with Gasteiger partial charge in [-0.15, -0.1) is 11.3 Å². The van der Waals surface area contributed by atoms with E-state index in [0.29, 0.717) is 11.3 Å². The molecule has 1 aliphatic carbocycles. The first-order valence-electron chi connectivity index (χ1n) is 10.1. The van der Waals surface area contributed by atoms with Crippen LogP contribution in [0.1, 0.15) is 12.1 Å². The Hall–Kier alpha value is -2.47. The standard InChI is InChI=1S/C21H23F3N4O3S/c1-10-16(15-7-11-4-2-3-5-14(11)32-15)19(28-20(26-10)25-9-21(22,23)24)27-13-6-12(8-29)17(30)18(13)31/h2-5,7,12-13,17-18,29-31H,6,8-9H2,1H3,(H2,25,26,27,28). The van der Waals surface area contributed by atoms with Crippen LogP contribution in [0.3, 0.4) is 0 Å². The van der Waals surface area contributed by atoms with E-state index in [1.165, 1.54) is 11.3 Å². The van der Waals surface area contributed by atoms with Crippen molar-refractivity contribution in [3.8, 4) is 10.4 Å². The fourth-order valence-electron chi connectivity index (χ4n) is 3.96. The Morgan fingerprint density at radius 1 is 1.16 bits per heavy atom. The second-order valence-electron chi connectivity index (χ2n) is 7.88. The Labute approximate surface area is 186 Å². The first-order valence-corrected chi connectivity index (χ1v) is 10.9. The predicted molar refractivity (Wildman–Crippen MR) is 117 cm³/mol. The van der Waals surface area contributed by atoms with Crippen LogP contribution in [-0.2, 0) is 0 Å². The molecule has 32 heavy (non-hydrogen) atoms. The van der Waals surface area contributed by atoms with E-state index in [-0.39, 0.29) is 24.8 Å². The molecule has 1 aromatic carbocycles. The summed E-state index contributed by atoms with van der Waals surface area (Å²) in [6, 6.07) is 9.07. The lowest BCUT2D eigenvalue weighted by Gasteiger charge is -2.21. The van der Waals surface area contributed by atoms with Crippen molar-refractivity contribution in [3.05, 3.63) is 36.0 Å². The Morgan fingerprint density at radius 2 is 1.91 bits per heavy atom. The number of hydrogen-bond donors (Lipinski definition) is 5. The number of alkyl halides is 3. The van der Waals surface area contributed by atoms with Gasteiger partial charge >= 0.3 is 6.18 Å². The molecule has 0 saturated heterocycles. The zero-order valence-electron chi connectivity index (χ0n) is 17.1. The normalized spacial score (nSPS) is 23.6. The largest absolute Gasteiger partial charge is 0.405 e. The average molecular weight is 469 g/mol. The number of anilines is 2. The number of aliphatic hydroxyl groups excluding tert-OH is 3. The minimum Gasteiger partial charge on any atom is -0.396 e. The van der Waals surface area contributed by atoms with E-state index < -0.39 is 36.9 Å². The van der Waals surface area contributed by atoms with Gasteiger partial charge < -0.3 is 26.0 Å². The monoisotopic (exact) mass is 468 g/mol. The Kier molecular flexibility index (Phi) is 6.26. The summed E-state index contributed by atoms with van der Waals surface area (Å²) < 4.78 is 39.1. The van der Waals surface area contributed by atoms with Crippen molar-refractivity contribution in [2.45, 2.75) is 37.8 Å². The molecule has 4 unspecified atom stereocenters. The molecular formula is C21H23F3N4O3S. The van der Waals surface area contributed by atoms with Crippen molar-refractivity contribution in [3.63, 3.8) is 0 Å². The molecule has 1 saturated carbocycles. The van der Waals surface area contributed by atoms with Crippen molar-refractivity contribution in [2.75, 3.05) is 23.8 Å². The maximum atomic E-state index is 12.7. The number of hydrogen-bond acceptors (Lipinski definition) is 8. The van der Waals surface area contributed by atoms with E-state index in [2.05, 4.69) is 20.6 Å². The number of nitrogens with one attached hydrogen (secondary N) is 2. The Balaban J connectivity index is 1.74. The van der Waals surface area contributed by atoms with Gasteiger partial charge in [-0.3, -0.25) is 0 Å². The van der Waals surface area contributed by atoms with E-state index in [1.54, 1.807) is 6.92 Å². The number of rotatable bonds is 6. The van der Waals surface area contributed by atoms with Crippen molar-refractivity contribution in [1.82, 2.24) is 9.97 Å². The number of halogens is 3. The zero-order valence-corrected chi connectivity index (χ0v) is 17.9. The smallest absolute Gasteiger partial charge is 0.396 e. The number of fused-ring (bicyclic) bond motifs is 1. The molecular weight excluding hydrogens is 445 g/mol. The molecule has 4 atom stereocenters. The van der Waals surface area contributed by atoms with E-state index in [4.69, 9.17) is 0 Å². The van der Waals surface area contributed by atoms with Gasteiger partial charge in [0.25, 0.3) is 0 Å². The first kappa shape index (κ1) is 22.7. The van der Waals surface area contributed by atoms with E-state index >= 15 is 0 Å². The molecule has 2 aromatic heterocycles. The fourth-order valence-corrected chi connectivity index (χ4v) is 5.12. The van der Waals surface area contributed by atoms with Gasteiger partial charge in [-0.2, -0.15) is 18.2 Å². The van der Waals surface area contributed by atoms with Gasteiger partial charge in [0.2, 0.25) is 5.95 Å². The first-order chi connectivity index (χ1) is 15.2. The average Bonchev–Trinajstić information content (AvgIpc) is 3.27. The number of aliphatic hydroxyl groups is 3. The van der Waals surface area contributed by atoms with Crippen LogP contribution in [0.15, 0.2) is 30.3 Å². The van der Waals surface area contributed by atoms with Crippen LogP contribution in [0.4, 0.5) is 24.9 Å². The van der Waals surface area contributed by atoms with Crippen LogP contribution in [0, 0.1) is 12.8 Å². The van der Waals surface area contributed by atoms with Gasteiger partial charge in [0.1, 0.15) is 18.5 Å². The summed E-state index contributed by atoms with van der Waals surface area (Å²) in [5, 5.41) is 36.3. The molecule has 172 valence electrons. The summed E-state index contributed by atoms with van der Waals surface area (Å²) in [5.74, 6) is -0.455. The topological polar surface area (TPSA) is 111 Å². The minimum atomic E-state index is -4.44. The lowest BCUT2D eigenvalue weighted by molar-refractivity contribution is -0.115. The van der Waals surface area contributed by atoms with E-state index in [9.17, 15) is 28.5 Å². The third kappa shape index (κ3) is 4.65. The highest BCUT2D eigenvalue weighted by Crippen LogP contribution is 2.40. The third-order valence-corrected chi connectivity index (χ3v) is 6.70. The van der Waals surface area contributed by atoms with Gasteiger partial charge in [-0.25, -0.2) is 4.98 Å². The SMILES string of the molecule is Cc1nc(NCC(F)(F)F)nc(NC2CC(CO)C(O)C2O)c1-c1cc2ccccc2s1. The molecule has 2 heterocycles. The highest BCUT2D eigenvalue weighted by Gasteiger charge is 2.41. The molecule has 1 fully saturated rings. The highest BCUT2D eigenvalue weighted by atomic mass is 32.1. The number of benzene rings is 1. The van der Waals surface area contributed by atoms with Gasteiger partial charge in [0, 0.05) is 22.1 Å². The molecule has 0 amide bonds. The van der Waals surface area contributed by atoms with Crippen molar-refractivity contribution in [2.24, 2.45) is 5.92 Å². The van der Waals surface area contributed by atoms with Gasteiger partial charge in [0.05, 0.1) is 23.4 Å². The Bertz CT molecular complexity index is 1070. The van der Waals surface area contributed by atoms with E-state index in [0.717, 1.165) is 15.0 Å². The molecule has 5 N–H and O–H groups in total. The van der Waals surface area contributed by atoms with Gasteiger partial charge in [-0.05, 0) is 30.9 Å². The molecule has 7 nitrogen and oxygen atoms in total. The van der Waals surface area contributed by atoms with Crippen LogP contribution in [0.25, 0.3) is 20.5 Å². The fraction of sp³-hybridized carbons (Fsp3) is 0.429. The van der Waals surface area contributed by atoms with Crippen LogP contribution >= 0.6 is 11.3 Å². The molecule has 0 spiro atoms. The summed E-state index contributed by atoms with van der Waals surface area (Å²) >= 11 is 1.49. The van der Waals surface area contributed by atoms with E-state index in [1.807, 2.05) is 30.3 Å². The summed E-state index contributed by atoms with van der Waals surface area (Å²) in [4.78, 5) is 9.31.